The van der Waals surface area contributed by atoms with E-state index in [-0.39, 0.29) is 5.56 Å². The van der Waals surface area contributed by atoms with Crippen molar-refractivity contribution in [2.75, 3.05) is 6.26 Å². The summed E-state index contributed by atoms with van der Waals surface area (Å²) in [7, 11) is 0. The molecule has 0 aliphatic rings. The number of hydrogen-bond acceptors (Lipinski definition) is 6. The number of pyridine rings is 1. The van der Waals surface area contributed by atoms with Gasteiger partial charge in [-0.1, -0.05) is 23.9 Å². The smallest absolute Gasteiger partial charge is 0.266 e. The largest absolute Gasteiger partial charge is 0.284 e. The molecule has 0 amide bonds. The first kappa shape index (κ1) is 15.0. The van der Waals surface area contributed by atoms with Gasteiger partial charge in [0.05, 0.1) is 11.2 Å². The van der Waals surface area contributed by atoms with E-state index in [1.165, 1.54) is 11.8 Å². The first-order valence-electron chi connectivity index (χ1n) is 7.91. The third kappa shape index (κ3) is 2.05. The Balaban J connectivity index is 2.03. The first-order valence-corrected chi connectivity index (χ1v) is 9.14. The van der Waals surface area contributed by atoms with Crippen molar-refractivity contribution in [3.63, 3.8) is 0 Å². The standard InChI is InChI=1S/C18H12N6OS/c1-26-18-20-10-13-15(22-18)21-16-12-4-2-3-5-14(12)23(24(16)17(13)25)11-6-8-19-9-7-11/h2-10H,1H3. The fourth-order valence-corrected chi connectivity index (χ4v) is 3.44. The second-order valence-electron chi connectivity index (χ2n) is 5.68. The van der Waals surface area contributed by atoms with Gasteiger partial charge >= 0.3 is 0 Å². The molecule has 0 aliphatic carbocycles. The molecule has 7 nitrogen and oxygen atoms in total. The summed E-state index contributed by atoms with van der Waals surface area (Å²) >= 11 is 1.42. The van der Waals surface area contributed by atoms with Crippen LogP contribution in [0.25, 0.3) is 33.3 Å². The maximum absolute atomic E-state index is 13.3. The molecule has 0 N–H and O–H groups in total. The molecule has 26 heavy (non-hydrogen) atoms. The summed E-state index contributed by atoms with van der Waals surface area (Å²) in [6.07, 6.45) is 6.83. The van der Waals surface area contributed by atoms with E-state index in [2.05, 4.69) is 19.9 Å². The number of rotatable bonds is 2. The van der Waals surface area contributed by atoms with Crippen molar-refractivity contribution in [1.29, 1.82) is 0 Å². The number of para-hydroxylation sites is 1. The van der Waals surface area contributed by atoms with Gasteiger partial charge in [0.2, 0.25) is 0 Å². The van der Waals surface area contributed by atoms with Crippen LogP contribution in [-0.4, -0.2) is 35.4 Å². The van der Waals surface area contributed by atoms with E-state index < -0.39 is 0 Å². The van der Waals surface area contributed by atoms with Crippen LogP contribution >= 0.6 is 11.8 Å². The molecule has 0 spiro atoms. The number of aromatic nitrogens is 6. The van der Waals surface area contributed by atoms with Crippen molar-refractivity contribution in [2.45, 2.75) is 5.16 Å². The fraction of sp³-hybridized carbons (Fsp3) is 0.0556. The molecule has 5 aromatic rings. The highest BCUT2D eigenvalue weighted by molar-refractivity contribution is 7.98. The zero-order valence-electron chi connectivity index (χ0n) is 13.7. The molecule has 126 valence electrons. The second-order valence-corrected chi connectivity index (χ2v) is 6.45. The molecule has 1 aromatic carbocycles. The lowest BCUT2D eigenvalue weighted by molar-refractivity contribution is 0.789. The molecule has 4 heterocycles. The van der Waals surface area contributed by atoms with E-state index in [9.17, 15) is 4.79 Å². The monoisotopic (exact) mass is 360 g/mol. The molecule has 0 atom stereocenters. The molecule has 0 saturated carbocycles. The molecule has 0 unspecified atom stereocenters. The van der Waals surface area contributed by atoms with Gasteiger partial charge in [0.25, 0.3) is 5.56 Å². The van der Waals surface area contributed by atoms with Gasteiger partial charge in [0.15, 0.2) is 16.5 Å². The van der Waals surface area contributed by atoms with Gasteiger partial charge in [0, 0.05) is 24.0 Å². The quantitative estimate of drug-likeness (QED) is 0.356. The molecular weight excluding hydrogens is 348 g/mol. The Morgan fingerprint density at radius 3 is 2.62 bits per heavy atom. The number of thioether (sulfide) groups is 1. The molecule has 8 heteroatoms. The molecule has 0 aliphatic heterocycles. The van der Waals surface area contributed by atoms with Gasteiger partial charge in [0.1, 0.15) is 5.39 Å². The topological polar surface area (TPSA) is 78.0 Å². The Hall–Kier alpha value is -3.26. The zero-order chi connectivity index (χ0) is 17.7. The Kier molecular flexibility index (Phi) is 3.26. The lowest BCUT2D eigenvalue weighted by Crippen LogP contribution is -2.21. The van der Waals surface area contributed by atoms with Crippen molar-refractivity contribution in [1.82, 2.24) is 29.1 Å². The minimum atomic E-state index is -0.203. The molecule has 0 fully saturated rings. The highest BCUT2D eigenvalue weighted by Gasteiger charge is 2.17. The molecule has 0 radical (unpaired) electrons. The van der Waals surface area contributed by atoms with Crippen LogP contribution in [0.5, 0.6) is 0 Å². The van der Waals surface area contributed by atoms with Crippen molar-refractivity contribution in [2.24, 2.45) is 0 Å². The number of fused-ring (bicyclic) bond motifs is 4. The van der Waals surface area contributed by atoms with Gasteiger partial charge in [-0.15, -0.1) is 0 Å². The Labute approximate surface area is 151 Å². The summed E-state index contributed by atoms with van der Waals surface area (Å²) in [4.78, 5) is 30.6. The average molecular weight is 360 g/mol. The minimum Gasteiger partial charge on any atom is -0.266 e. The van der Waals surface area contributed by atoms with Crippen molar-refractivity contribution in [3.8, 4) is 5.69 Å². The number of nitrogens with zero attached hydrogens (tertiary/aromatic N) is 6. The van der Waals surface area contributed by atoms with Crippen LogP contribution in [0.3, 0.4) is 0 Å². The molecular formula is C18H12N6OS. The third-order valence-electron chi connectivity index (χ3n) is 4.24. The summed E-state index contributed by atoms with van der Waals surface area (Å²) in [5.74, 6) is 0. The predicted molar refractivity (Wildman–Crippen MR) is 101 cm³/mol. The summed E-state index contributed by atoms with van der Waals surface area (Å²) in [6, 6.07) is 11.5. The Morgan fingerprint density at radius 1 is 1.00 bits per heavy atom. The fourth-order valence-electron chi connectivity index (χ4n) is 3.10. The van der Waals surface area contributed by atoms with Crippen LogP contribution in [0.4, 0.5) is 0 Å². The Bertz CT molecular complexity index is 1340. The molecule has 5 rings (SSSR count). The first-order chi connectivity index (χ1) is 12.8. The molecule has 0 bridgehead atoms. The van der Waals surface area contributed by atoms with E-state index in [0.29, 0.717) is 21.8 Å². The normalized spacial score (nSPS) is 11.6. The number of benzene rings is 1. The summed E-state index contributed by atoms with van der Waals surface area (Å²) in [5, 5.41) is 1.86. The summed E-state index contributed by atoms with van der Waals surface area (Å²) < 4.78 is 3.42. The van der Waals surface area contributed by atoms with Crippen LogP contribution in [0.15, 0.2) is 64.9 Å². The van der Waals surface area contributed by atoms with Gasteiger partial charge < -0.3 is 0 Å². The van der Waals surface area contributed by atoms with Gasteiger partial charge in [-0.25, -0.2) is 19.6 Å². The maximum atomic E-state index is 13.3. The lowest BCUT2D eigenvalue weighted by atomic mass is 10.2. The highest BCUT2D eigenvalue weighted by Crippen LogP contribution is 2.24. The van der Waals surface area contributed by atoms with E-state index in [0.717, 1.165) is 16.6 Å². The van der Waals surface area contributed by atoms with E-state index in [4.69, 9.17) is 0 Å². The van der Waals surface area contributed by atoms with E-state index >= 15 is 0 Å². The summed E-state index contributed by atoms with van der Waals surface area (Å²) in [6.45, 7) is 0. The summed E-state index contributed by atoms with van der Waals surface area (Å²) in [5.41, 5.74) is 2.49. The highest BCUT2D eigenvalue weighted by atomic mass is 32.2. The number of hydrogen-bond donors (Lipinski definition) is 0. The van der Waals surface area contributed by atoms with Gasteiger partial charge in [-0.05, 0) is 30.5 Å². The van der Waals surface area contributed by atoms with Crippen LogP contribution in [0, 0.1) is 0 Å². The second kappa shape index (κ2) is 5.63. The minimum absolute atomic E-state index is 0.203. The SMILES string of the molecule is CSc1ncc2c(=O)n3c(nc2n1)c1ccccc1n3-c1ccncc1. The predicted octanol–water partition coefficient (Wildman–Crippen LogP) is 2.70. The van der Waals surface area contributed by atoms with Gasteiger partial charge in [-0.2, -0.15) is 4.52 Å². The lowest BCUT2D eigenvalue weighted by Gasteiger charge is -2.08. The van der Waals surface area contributed by atoms with Crippen LogP contribution in [-0.2, 0) is 0 Å². The van der Waals surface area contributed by atoms with E-state index in [1.807, 2.05) is 47.3 Å². The van der Waals surface area contributed by atoms with Crippen molar-refractivity contribution in [3.05, 3.63) is 65.3 Å². The zero-order valence-corrected chi connectivity index (χ0v) is 14.5. The van der Waals surface area contributed by atoms with E-state index in [1.54, 1.807) is 23.1 Å². The van der Waals surface area contributed by atoms with Crippen LogP contribution in [0.2, 0.25) is 0 Å². The van der Waals surface area contributed by atoms with Crippen molar-refractivity contribution < 1.29 is 0 Å². The van der Waals surface area contributed by atoms with Gasteiger partial charge in [-0.3, -0.25) is 9.78 Å². The Morgan fingerprint density at radius 2 is 1.81 bits per heavy atom. The third-order valence-corrected chi connectivity index (χ3v) is 4.81. The van der Waals surface area contributed by atoms with Crippen molar-refractivity contribution >= 4 is 39.3 Å². The van der Waals surface area contributed by atoms with Crippen LogP contribution in [0.1, 0.15) is 0 Å². The maximum Gasteiger partial charge on any atom is 0.284 e. The molecule has 4 aromatic heterocycles. The average Bonchev–Trinajstić information content (AvgIpc) is 3.03. The van der Waals surface area contributed by atoms with Crippen LogP contribution < -0.4 is 5.56 Å². The molecule has 0 saturated heterocycles.